The molecule has 0 aliphatic carbocycles. The molecule has 108 valence electrons. The fourth-order valence-corrected chi connectivity index (χ4v) is 3.73. The van der Waals surface area contributed by atoms with E-state index < -0.39 is 0 Å². The Morgan fingerprint density at radius 2 is 1.95 bits per heavy atom. The van der Waals surface area contributed by atoms with E-state index in [4.69, 9.17) is 4.98 Å². The molecule has 1 N–H and O–H groups in total. The molecule has 20 heavy (non-hydrogen) atoms. The Balaban J connectivity index is 1.95. The van der Waals surface area contributed by atoms with Gasteiger partial charge in [0, 0.05) is 12.1 Å². The van der Waals surface area contributed by atoms with Crippen LogP contribution in [0.4, 0.5) is 0 Å². The zero-order chi connectivity index (χ0) is 14.1. The molecule has 2 aromatic rings. The van der Waals surface area contributed by atoms with Gasteiger partial charge in [0.15, 0.2) is 0 Å². The van der Waals surface area contributed by atoms with Crippen molar-refractivity contribution in [2.45, 2.75) is 64.6 Å². The first-order valence-electron chi connectivity index (χ1n) is 7.92. The SMILES string of the molecule is CCC(c1nc2ccccc2[nH]1)N1C(C)CCCC1C. The second-order valence-corrected chi connectivity index (χ2v) is 6.14. The van der Waals surface area contributed by atoms with Crippen molar-refractivity contribution in [2.75, 3.05) is 0 Å². The first-order valence-corrected chi connectivity index (χ1v) is 7.92. The molecule has 1 saturated heterocycles. The maximum absolute atomic E-state index is 4.83. The Morgan fingerprint density at radius 3 is 2.60 bits per heavy atom. The van der Waals surface area contributed by atoms with Gasteiger partial charge in [-0.25, -0.2) is 4.98 Å². The number of likely N-dealkylation sites (tertiary alicyclic amines) is 1. The smallest absolute Gasteiger partial charge is 0.124 e. The van der Waals surface area contributed by atoms with E-state index in [2.05, 4.69) is 54.9 Å². The van der Waals surface area contributed by atoms with Crippen LogP contribution >= 0.6 is 0 Å². The predicted molar refractivity (Wildman–Crippen MR) is 83.7 cm³/mol. The van der Waals surface area contributed by atoms with E-state index in [0.29, 0.717) is 18.1 Å². The number of hydrogen-bond acceptors (Lipinski definition) is 2. The first-order chi connectivity index (χ1) is 9.70. The molecule has 1 aliphatic rings. The van der Waals surface area contributed by atoms with Crippen LogP contribution < -0.4 is 0 Å². The summed E-state index contributed by atoms with van der Waals surface area (Å²) in [4.78, 5) is 11.0. The van der Waals surface area contributed by atoms with Gasteiger partial charge in [-0.15, -0.1) is 0 Å². The summed E-state index contributed by atoms with van der Waals surface area (Å²) >= 11 is 0. The maximum atomic E-state index is 4.83. The van der Waals surface area contributed by atoms with Crippen molar-refractivity contribution < 1.29 is 0 Å². The number of fused-ring (bicyclic) bond motifs is 1. The van der Waals surface area contributed by atoms with Crippen LogP contribution in [0.25, 0.3) is 11.0 Å². The third-order valence-electron chi connectivity index (χ3n) is 4.73. The lowest BCUT2D eigenvalue weighted by Gasteiger charge is -2.43. The number of benzene rings is 1. The maximum Gasteiger partial charge on any atom is 0.124 e. The average molecular weight is 271 g/mol. The molecule has 3 rings (SSSR count). The highest BCUT2D eigenvalue weighted by atomic mass is 15.2. The van der Waals surface area contributed by atoms with E-state index >= 15 is 0 Å². The van der Waals surface area contributed by atoms with E-state index in [0.717, 1.165) is 23.3 Å². The number of hydrogen-bond donors (Lipinski definition) is 1. The molecular formula is C17H25N3. The van der Waals surface area contributed by atoms with Crippen LogP contribution in [0, 0.1) is 0 Å². The molecule has 0 spiro atoms. The van der Waals surface area contributed by atoms with Crippen LogP contribution in [0.3, 0.4) is 0 Å². The summed E-state index contributed by atoms with van der Waals surface area (Å²) in [6.45, 7) is 6.99. The Labute approximate surface area is 121 Å². The normalized spacial score (nSPS) is 25.9. The number of nitrogens with one attached hydrogen (secondary N) is 1. The Bertz CT molecular complexity index is 531. The minimum Gasteiger partial charge on any atom is -0.341 e. The summed E-state index contributed by atoms with van der Waals surface area (Å²) in [7, 11) is 0. The summed E-state index contributed by atoms with van der Waals surface area (Å²) in [5.41, 5.74) is 2.23. The first kappa shape index (κ1) is 13.6. The molecule has 1 fully saturated rings. The molecule has 3 atom stereocenters. The Morgan fingerprint density at radius 1 is 1.25 bits per heavy atom. The molecule has 0 radical (unpaired) electrons. The highest BCUT2D eigenvalue weighted by molar-refractivity contribution is 5.74. The molecule has 0 bridgehead atoms. The van der Waals surface area contributed by atoms with Crippen molar-refractivity contribution >= 4 is 11.0 Å². The van der Waals surface area contributed by atoms with Gasteiger partial charge in [0.05, 0.1) is 17.1 Å². The summed E-state index contributed by atoms with van der Waals surface area (Å²) in [6, 6.07) is 10.0. The summed E-state index contributed by atoms with van der Waals surface area (Å²) < 4.78 is 0. The minimum atomic E-state index is 0.410. The second-order valence-electron chi connectivity index (χ2n) is 6.14. The number of rotatable bonds is 3. The fourth-order valence-electron chi connectivity index (χ4n) is 3.73. The number of H-pyrrole nitrogens is 1. The largest absolute Gasteiger partial charge is 0.341 e. The zero-order valence-electron chi connectivity index (χ0n) is 12.8. The monoisotopic (exact) mass is 271 g/mol. The summed E-state index contributed by atoms with van der Waals surface area (Å²) in [5.74, 6) is 1.13. The lowest BCUT2D eigenvalue weighted by molar-refractivity contribution is 0.0487. The molecule has 0 saturated carbocycles. The van der Waals surface area contributed by atoms with Crippen LogP contribution in [0.5, 0.6) is 0 Å². The predicted octanol–water partition coefficient (Wildman–Crippen LogP) is 4.28. The molecule has 1 aliphatic heterocycles. The van der Waals surface area contributed by atoms with Crippen molar-refractivity contribution in [2.24, 2.45) is 0 Å². The van der Waals surface area contributed by atoms with Crippen molar-refractivity contribution in [1.29, 1.82) is 0 Å². The molecule has 3 heteroatoms. The van der Waals surface area contributed by atoms with E-state index in [9.17, 15) is 0 Å². The Hall–Kier alpha value is -1.35. The van der Waals surface area contributed by atoms with Crippen molar-refractivity contribution in [3.63, 3.8) is 0 Å². The molecule has 3 unspecified atom stereocenters. The van der Waals surface area contributed by atoms with Crippen molar-refractivity contribution in [3.8, 4) is 0 Å². The average Bonchev–Trinajstić information content (AvgIpc) is 2.86. The van der Waals surface area contributed by atoms with E-state index in [1.807, 2.05) is 0 Å². The second kappa shape index (κ2) is 5.57. The third kappa shape index (κ3) is 2.35. The number of para-hydroxylation sites is 2. The standard InChI is InChI=1S/C17H25N3/c1-4-16(20-12(2)8-7-9-13(20)3)17-18-14-10-5-6-11-15(14)19-17/h5-6,10-13,16H,4,7-9H2,1-3H3,(H,18,19). The highest BCUT2D eigenvalue weighted by Crippen LogP contribution is 2.33. The van der Waals surface area contributed by atoms with Crippen LogP contribution in [0.2, 0.25) is 0 Å². The minimum absolute atomic E-state index is 0.410. The van der Waals surface area contributed by atoms with Crippen LogP contribution in [0.1, 0.15) is 58.3 Å². The van der Waals surface area contributed by atoms with Crippen LogP contribution in [-0.4, -0.2) is 27.0 Å². The summed E-state index contributed by atoms with van der Waals surface area (Å²) in [5, 5.41) is 0. The third-order valence-corrected chi connectivity index (χ3v) is 4.73. The highest BCUT2D eigenvalue weighted by Gasteiger charge is 2.32. The van der Waals surface area contributed by atoms with E-state index in [-0.39, 0.29) is 0 Å². The van der Waals surface area contributed by atoms with Gasteiger partial charge in [0.1, 0.15) is 5.82 Å². The zero-order valence-corrected chi connectivity index (χ0v) is 12.8. The van der Waals surface area contributed by atoms with Crippen LogP contribution in [0.15, 0.2) is 24.3 Å². The molecule has 2 heterocycles. The van der Waals surface area contributed by atoms with Crippen molar-refractivity contribution in [3.05, 3.63) is 30.1 Å². The van der Waals surface area contributed by atoms with Gasteiger partial charge < -0.3 is 4.98 Å². The number of piperidine rings is 1. The van der Waals surface area contributed by atoms with Gasteiger partial charge in [0.2, 0.25) is 0 Å². The fraction of sp³-hybridized carbons (Fsp3) is 0.588. The number of nitrogens with zero attached hydrogens (tertiary/aromatic N) is 2. The molecule has 3 nitrogen and oxygen atoms in total. The van der Waals surface area contributed by atoms with Gasteiger partial charge in [0.25, 0.3) is 0 Å². The number of aromatic nitrogens is 2. The Kier molecular flexibility index (Phi) is 3.79. The van der Waals surface area contributed by atoms with E-state index in [1.54, 1.807) is 0 Å². The van der Waals surface area contributed by atoms with Gasteiger partial charge in [-0.2, -0.15) is 0 Å². The number of imidazole rings is 1. The number of aromatic amines is 1. The van der Waals surface area contributed by atoms with E-state index in [1.165, 1.54) is 19.3 Å². The molecule has 1 aromatic heterocycles. The lowest BCUT2D eigenvalue weighted by Crippen LogP contribution is -2.46. The summed E-state index contributed by atoms with van der Waals surface area (Å²) in [6.07, 6.45) is 5.08. The molecular weight excluding hydrogens is 246 g/mol. The van der Waals surface area contributed by atoms with Gasteiger partial charge in [-0.05, 0) is 45.2 Å². The van der Waals surface area contributed by atoms with Crippen molar-refractivity contribution in [1.82, 2.24) is 14.9 Å². The van der Waals surface area contributed by atoms with Crippen LogP contribution in [-0.2, 0) is 0 Å². The van der Waals surface area contributed by atoms with Gasteiger partial charge >= 0.3 is 0 Å². The van der Waals surface area contributed by atoms with Gasteiger partial charge in [-0.1, -0.05) is 25.5 Å². The molecule has 1 aromatic carbocycles. The lowest BCUT2D eigenvalue weighted by atomic mass is 9.94. The molecule has 0 amide bonds. The van der Waals surface area contributed by atoms with Gasteiger partial charge in [-0.3, -0.25) is 4.90 Å². The topological polar surface area (TPSA) is 31.9 Å². The quantitative estimate of drug-likeness (QED) is 0.903.